The van der Waals surface area contributed by atoms with Crippen LogP contribution in [0.4, 0.5) is 11.4 Å². The first-order chi connectivity index (χ1) is 16.4. The van der Waals surface area contributed by atoms with Crippen molar-refractivity contribution < 1.29 is 17.9 Å². The molecule has 172 valence electrons. The van der Waals surface area contributed by atoms with E-state index in [1.165, 1.54) is 12.1 Å². The van der Waals surface area contributed by atoms with E-state index in [4.69, 9.17) is 4.74 Å². The van der Waals surface area contributed by atoms with Gasteiger partial charge >= 0.3 is 0 Å². The second-order valence-electron chi connectivity index (χ2n) is 7.26. The molecule has 4 aromatic rings. The summed E-state index contributed by atoms with van der Waals surface area (Å²) in [5.74, 6) is 0.553. The lowest BCUT2D eigenvalue weighted by Gasteiger charge is -2.24. The topological polar surface area (TPSA) is 75.7 Å². The van der Waals surface area contributed by atoms with Gasteiger partial charge in [-0.15, -0.1) is 0 Å². The number of carbonyl (C=O) groups is 1. The first-order valence-electron chi connectivity index (χ1n) is 10.4. The Kier molecular flexibility index (Phi) is 7.30. The molecule has 4 aromatic carbocycles. The summed E-state index contributed by atoms with van der Waals surface area (Å²) in [7, 11) is -4.00. The number of benzene rings is 4. The number of sulfonamides is 1. The largest absolute Gasteiger partial charge is 0.455 e. The van der Waals surface area contributed by atoms with Crippen LogP contribution in [0, 0.1) is 0 Å². The van der Waals surface area contributed by atoms with Gasteiger partial charge in [-0.1, -0.05) is 70.5 Å². The highest BCUT2D eigenvalue weighted by Gasteiger charge is 2.27. The summed E-state index contributed by atoms with van der Waals surface area (Å²) in [4.78, 5) is 13.2. The lowest BCUT2D eigenvalue weighted by Crippen LogP contribution is -2.38. The molecule has 0 aromatic heterocycles. The SMILES string of the molecule is O=C(CN(c1cccc(Br)c1)S(=O)(=O)c1ccccc1)Nc1ccccc1Oc1ccccc1. The highest BCUT2D eigenvalue weighted by atomic mass is 79.9. The lowest BCUT2D eigenvalue weighted by molar-refractivity contribution is -0.114. The van der Waals surface area contributed by atoms with E-state index in [9.17, 15) is 13.2 Å². The van der Waals surface area contributed by atoms with Gasteiger partial charge in [0.15, 0.2) is 5.75 Å². The lowest BCUT2D eigenvalue weighted by atomic mass is 10.2. The third-order valence-corrected chi connectivity index (χ3v) is 7.13. The molecule has 6 nitrogen and oxygen atoms in total. The van der Waals surface area contributed by atoms with Crippen molar-refractivity contribution in [2.45, 2.75) is 4.90 Å². The second-order valence-corrected chi connectivity index (χ2v) is 10.0. The number of ether oxygens (including phenoxy) is 1. The molecule has 1 N–H and O–H groups in total. The molecule has 0 bridgehead atoms. The monoisotopic (exact) mass is 536 g/mol. The predicted octanol–water partition coefficient (Wildman–Crippen LogP) is 6.08. The molecule has 8 heteroatoms. The molecule has 0 heterocycles. The maximum atomic E-state index is 13.4. The molecule has 0 saturated heterocycles. The molecule has 1 amide bonds. The van der Waals surface area contributed by atoms with Gasteiger partial charge in [0.05, 0.1) is 16.3 Å². The molecule has 34 heavy (non-hydrogen) atoms. The van der Waals surface area contributed by atoms with E-state index in [-0.39, 0.29) is 4.90 Å². The summed E-state index contributed by atoms with van der Waals surface area (Å²) in [5.41, 5.74) is 0.796. The molecule has 0 aliphatic rings. The van der Waals surface area contributed by atoms with Crippen LogP contribution in [0.3, 0.4) is 0 Å². The summed E-state index contributed by atoms with van der Waals surface area (Å²) in [5, 5.41) is 2.79. The number of carbonyl (C=O) groups excluding carboxylic acids is 1. The van der Waals surface area contributed by atoms with E-state index < -0.39 is 22.5 Å². The summed E-state index contributed by atoms with van der Waals surface area (Å²) < 4.78 is 34.6. The van der Waals surface area contributed by atoms with Crippen LogP contribution in [0.1, 0.15) is 0 Å². The Bertz CT molecular complexity index is 1380. The van der Waals surface area contributed by atoms with Crippen LogP contribution in [0.15, 0.2) is 119 Å². The first-order valence-corrected chi connectivity index (χ1v) is 12.6. The van der Waals surface area contributed by atoms with Crippen molar-refractivity contribution in [2.24, 2.45) is 0 Å². The van der Waals surface area contributed by atoms with Gasteiger partial charge in [-0.05, 0) is 54.6 Å². The number of nitrogens with zero attached hydrogens (tertiary/aromatic N) is 1. The molecular weight excluding hydrogens is 516 g/mol. The maximum Gasteiger partial charge on any atom is 0.264 e. The number of hydrogen-bond acceptors (Lipinski definition) is 4. The summed E-state index contributed by atoms with van der Waals surface area (Å²) in [6.45, 7) is -0.423. The van der Waals surface area contributed by atoms with E-state index in [0.717, 1.165) is 4.31 Å². The zero-order valence-electron chi connectivity index (χ0n) is 18.0. The third kappa shape index (κ3) is 5.65. The molecule has 0 aliphatic heterocycles. The molecule has 0 fully saturated rings. The van der Waals surface area contributed by atoms with E-state index in [2.05, 4.69) is 21.2 Å². The minimum atomic E-state index is -4.00. The van der Waals surface area contributed by atoms with Crippen LogP contribution in [-0.4, -0.2) is 20.9 Å². The van der Waals surface area contributed by atoms with Crippen LogP contribution in [0.25, 0.3) is 0 Å². The van der Waals surface area contributed by atoms with Gasteiger partial charge in [0.1, 0.15) is 12.3 Å². The Morgan fingerprint density at radius 2 is 1.47 bits per heavy atom. The van der Waals surface area contributed by atoms with Gasteiger partial charge in [0.25, 0.3) is 10.0 Å². The Hall–Kier alpha value is -3.62. The van der Waals surface area contributed by atoms with Crippen molar-refractivity contribution in [2.75, 3.05) is 16.2 Å². The summed E-state index contributed by atoms with van der Waals surface area (Å²) in [6, 6.07) is 31.0. The summed E-state index contributed by atoms with van der Waals surface area (Å²) >= 11 is 3.38. The zero-order valence-corrected chi connectivity index (χ0v) is 20.4. The van der Waals surface area contributed by atoms with Gasteiger partial charge in [0.2, 0.25) is 5.91 Å². The molecule has 0 unspecified atom stereocenters. The van der Waals surface area contributed by atoms with Crippen molar-refractivity contribution in [1.29, 1.82) is 0 Å². The number of halogens is 1. The number of rotatable bonds is 8. The predicted molar refractivity (Wildman–Crippen MR) is 137 cm³/mol. The van der Waals surface area contributed by atoms with Gasteiger partial charge in [-0.25, -0.2) is 8.42 Å². The fourth-order valence-corrected chi connectivity index (χ4v) is 5.08. The van der Waals surface area contributed by atoms with Crippen LogP contribution in [-0.2, 0) is 14.8 Å². The van der Waals surface area contributed by atoms with Crippen LogP contribution >= 0.6 is 15.9 Å². The second kappa shape index (κ2) is 10.5. The molecule has 0 spiro atoms. The summed E-state index contributed by atoms with van der Waals surface area (Å²) in [6.07, 6.45) is 0. The molecule has 0 atom stereocenters. The number of nitrogens with one attached hydrogen (secondary N) is 1. The molecule has 0 radical (unpaired) electrons. The molecular formula is C26H21BrN2O4S. The van der Waals surface area contributed by atoms with Crippen molar-refractivity contribution in [3.8, 4) is 11.5 Å². The zero-order chi connectivity index (χ0) is 24.0. The van der Waals surface area contributed by atoms with Crippen LogP contribution in [0.5, 0.6) is 11.5 Å². The number of anilines is 2. The molecule has 0 aliphatic carbocycles. The van der Waals surface area contributed by atoms with Crippen molar-refractivity contribution in [3.05, 3.63) is 114 Å². The Balaban J connectivity index is 1.61. The van der Waals surface area contributed by atoms with Crippen LogP contribution < -0.4 is 14.4 Å². The molecule has 0 saturated carbocycles. The fraction of sp³-hybridized carbons (Fsp3) is 0.0385. The fourth-order valence-electron chi connectivity index (χ4n) is 3.26. The standard InChI is InChI=1S/C26H21BrN2O4S/c27-20-10-9-11-21(18-20)29(34(31,32)23-14-5-2-6-15-23)19-26(30)28-24-16-7-8-17-25(24)33-22-12-3-1-4-13-22/h1-18H,19H2,(H,28,30). The van der Waals surface area contributed by atoms with Crippen LogP contribution in [0.2, 0.25) is 0 Å². The van der Waals surface area contributed by atoms with Crippen molar-refractivity contribution in [1.82, 2.24) is 0 Å². The maximum absolute atomic E-state index is 13.4. The van der Waals surface area contributed by atoms with E-state index in [1.54, 1.807) is 78.9 Å². The number of para-hydroxylation sites is 3. The highest BCUT2D eigenvalue weighted by molar-refractivity contribution is 9.10. The van der Waals surface area contributed by atoms with Crippen molar-refractivity contribution in [3.63, 3.8) is 0 Å². The Labute approximate surface area is 207 Å². The first kappa shape index (κ1) is 23.5. The number of amides is 1. The van der Waals surface area contributed by atoms with E-state index >= 15 is 0 Å². The minimum Gasteiger partial charge on any atom is -0.455 e. The average molecular weight is 537 g/mol. The quantitative estimate of drug-likeness (QED) is 0.296. The Morgan fingerprint density at radius 1 is 0.824 bits per heavy atom. The van der Waals surface area contributed by atoms with E-state index in [1.807, 2.05) is 18.2 Å². The van der Waals surface area contributed by atoms with Gasteiger partial charge < -0.3 is 10.1 Å². The van der Waals surface area contributed by atoms with Gasteiger partial charge in [0, 0.05) is 4.47 Å². The number of hydrogen-bond donors (Lipinski definition) is 1. The molecule has 4 rings (SSSR count). The highest BCUT2D eigenvalue weighted by Crippen LogP contribution is 2.30. The van der Waals surface area contributed by atoms with Gasteiger partial charge in [-0.2, -0.15) is 0 Å². The Morgan fingerprint density at radius 3 is 2.18 bits per heavy atom. The minimum absolute atomic E-state index is 0.0931. The smallest absolute Gasteiger partial charge is 0.264 e. The van der Waals surface area contributed by atoms with Crippen molar-refractivity contribution >= 4 is 43.2 Å². The third-order valence-electron chi connectivity index (χ3n) is 4.85. The van der Waals surface area contributed by atoms with Gasteiger partial charge in [-0.3, -0.25) is 9.10 Å². The van der Waals surface area contributed by atoms with E-state index in [0.29, 0.717) is 27.3 Å². The normalized spacial score (nSPS) is 11.0. The average Bonchev–Trinajstić information content (AvgIpc) is 2.85.